The van der Waals surface area contributed by atoms with Gasteiger partial charge < -0.3 is 15.1 Å². The first kappa shape index (κ1) is 23.8. The van der Waals surface area contributed by atoms with Gasteiger partial charge in [-0.2, -0.15) is 4.39 Å². The zero-order chi connectivity index (χ0) is 25.4. The number of anilines is 3. The van der Waals surface area contributed by atoms with Gasteiger partial charge in [0.05, 0.1) is 22.9 Å². The first-order valence-electron chi connectivity index (χ1n) is 11.7. The Bertz CT molecular complexity index is 1310. The molecular weight excluding hydrogens is 471 g/mol. The summed E-state index contributed by atoms with van der Waals surface area (Å²) < 4.78 is 41.3. The number of hydrogen-bond acceptors (Lipinski definition) is 5. The third-order valence-corrected chi connectivity index (χ3v) is 6.56. The maximum Gasteiger partial charge on any atom is 0.263 e. The predicted octanol–water partition coefficient (Wildman–Crippen LogP) is 4.91. The molecule has 5 rings (SSSR count). The van der Waals surface area contributed by atoms with Crippen molar-refractivity contribution >= 4 is 29.0 Å². The number of rotatable bonds is 5. The Balaban J connectivity index is 1.53. The molecule has 3 aromatic rings. The van der Waals surface area contributed by atoms with Crippen LogP contribution in [0.15, 0.2) is 48.7 Å². The van der Waals surface area contributed by atoms with E-state index < -0.39 is 36.7 Å². The quantitative estimate of drug-likeness (QED) is 0.509. The van der Waals surface area contributed by atoms with E-state index in [0.717, 1.165) is 25.9 Å². The monoisotopic (exact) mass is 495 g/mol. The third-order valence-electron chi connectivity index (χ3n) is 6.56. The van der Waals surface area contributed by atoms with Crippen molar-refractivity contribution in [2.45, 2.75) is 32.1 Å². The fourth-order valence-corrected chi connectivity index (χ4v) is 4.72. The Labute approximate surface area is 206 Å². The van der Waals surface area contributed by atoms with Crippen LogP contribution in [0.4, 0.5) is 30.4 Å². The maximum absolute atomic E-state index is 15.6. The first-order chi connectivity index (χ1) is 17.3. The van der Waals surface area contributed by atoms with Crippen LogP contribution in [0.5, 0.6) is 0 Å². The van der Waals surface area contributed by atoms with Crippen LogP contribution in [0.1, 0.15) is 43.4 Å². The Hall–Kier alpha value is -3.95. The van der Waals surface area contributed by atoms with E-state index in [1.807, 2.05) is 4.90 Å². The van der Waals surface area contributed by atoms with Crippen molar-refractivity contribution in [2.75, 3.05) is 34.8 Å². The SMILES string of the molecule is C[C@H]1C(=O)N(CC(=O)Nc2ccc(C(F)F)cc2)c2cc(N3CCCC3)nc(F)c2-c2cccnc21. The van der Waals surface area contributed by atoms with Crippen LogP contribution in [0.2, 0.25) is 0 Å². The van der Waals surface area contributed by atoms with Crippen LogP contribution in [0, 0.1) is 5.95 Å². The molecule has 4 heterocycles. The molecule has 0 aliphatic carbocycles. The number of halogens is 3. The van der Waals surface area contributed by atoms with Crippen molar-refractivity contribution in [3.05, 3.63) is 65.9 Å². The lowest BCUT2D eigenvalue weighted by Crippen LogP contribution is -2.40. The fourth-order valence-electron chi connectivity index (χ4n) is 4.72. The number of alkyl halides is 2. The van der Waals surface area contributed by atoms with E-state index in [1.165, 1.54) is 35.4 Å². The summed E-state index contributed by atoms with van der Waals surface area (Å²) in [6.07, 6.45) is 0.836. The maximum atomic E-state index is 15.6. The minimum atomic E-state index is -2.62. The van der Waals surface area contributed by atoms with Gasteiger partial charge in [-0.1, -0.05) is 18.2 Å². The van der Waals surface area contributed by atoms with Crippen LogP contribution in [-0.2, 0) is 9.59 Å². The topological polar surface area (TPSA) is 78.4 Å². The minimum Gasteiger partial charge on any atom is -0.356 e. The van der Waals surface area contributed by atoms with Crippen molar-refractivity contribution in [2.24, 2.45) is 0 Å². The number of nitrogens with zero attached hydrogens (tertiary/aromatic N) is 4. The predicted molar refractivity (Wildman–Crippen MR) is 130 cm³/mol. The van der Waals surface area contributed by atoms with E-state index in [1.54, 1.807) is 25.1 Å². The van der Waals surface area contributed by atoms with E-state index in [2.05, 4.69) is 15.3 Å². The average Bonchev–Trinajstić information content (AvgIpc) is 3.39. The lowest BCUT2D eigenvalue weighted by atomic mass is 9.98. The zero-order valence-corrected chi connectivity index (χ0v) is 19.5. The number of carbonyl (C=O) groups is 2. The van der Waals surface area contributed by atoms with Gasteiger partial charge in [0.1, 0.15) is 12.4 Å². The van der Waals surface area contributed by atoms with E-state index >= 15 is 4.39 Å². The standard InChI is InChI=1S/C26H24F3N5O2/c1-15-23-18(5-4-10-30-23)22-19(13-20(32-25(22)29)33-11-2-3-12-33)34(26(15)36)14-21(35)31-17-8-6-16(7-9-17)24(27)28/h4-10,13,15,24H,2-3,11-12,14H2,1H3,(H,31,35)/t15-/m1/s1. The molecule has 2 amide bonds. The molecule has 0 unspecified atom stereocenters. The Morgan fingerprint density at radius 3 is 2.58 bits per heavy atom. The molecule has 2 aliphatic rings. The molecule has 0 spiro atoms. The third kappa shape index (κ3) is 4.38. The summed E-state index contributed by atoms with van der Waals surface area (Å²) in [6.45, 7) is 2.72. The molecule has 0 bridgehead atoms. The van der Waals surface area contributed by atoms with Crippen LogP contribution in [0.3, 0.4) is 0 Å². The summed E-state index contributed by atoms with van der Waals surface area (Å²) in [5.74, 6) is -2.02. The second-order valence-electron chi connectivity index (χ2n) is 8.91. The lowest BCUT2D eigenvalue weighted by molar-refractivity contribution is -0.122. The number of hydrogen-bond donors (Lipinski definition) is 1. The summed E-state index contributed by atoms with van der Waals surface area (Å²) in [7, 11) is 0. The van der Waals surface area contributed by atoms with Crippen molar-refractivity contribution in [1.82, 2.24) is 9.97 Å². The Morgan fingerprint density at radius 2 is 1.89 bits per heavy atom. The molecular formula is C26H24F3N5O2. The molecule has 1 N–H and O–H groups in total. The van der Waals surface area contributed by atoms with Gasteiger partial charge >= 0.3 is 0 Å². The van der Waals surface area contributed by atoms with Gasteiger partial charge in [0.25, 0.3) is 6.43 Å². The minimum absolute atomic E-state index is 0.118. The van der Waals surface area contributed by atoms with E-state index in [4.69, 9.17) is 0 Å². The normalized spacial score (nSPS) is 17.1. The fraction of sp³-hybridized carbons (Fsp3) is 0.308. The van der Waals surface area contributed by atoms with Gasteiger partial charge in [0.2, 0.25) is 17.8 Å². The van der Waals surface area contributed by atoms with Crippen molar-refractivity contribution in [3.8, 4) is 11.1 Å². The molecule has 186 valence electrons. The van der Waals surface area contributed by atoms with E-state index in [0.29, 0.717) is 22.8 Å². The number of fused-ring (bicyclic) bond motifs is 3. The number of pyridine rings is 2. The van der Waals surface area contributed by atoms with Crippen LogP contribution < -0.4 is 15.1 Å². The van der Waals surface area contributed by atoms with Crippen LogP contribution in [-0.4, -0.2) is 41.4 Å². The molecule has 1 saturated heterocycles. The highest BCUT2D eigenvalue weighted by Crippen LogP contribution is 2.42. The molecule has 2 aliphatic heterocycles. The van der Waals surface area contributed by atoms with Crippen molar-refractivity contribution in [3.63, 3.8) is 0 Å². The van der Waals surface area contributed by atoms with Gasteiger partial charge in [0.15, 0.2) is 0 Å². The van der Waals surface area contributed by atoms with Crippen molar-refractivity contribution < 1.29 is 22.8 Å². The highest BCUT2D eigenvalue weighted by molar-refractivity contribution is 6.09. The van der Waals surface area contributed by atoms with Crippen molar-refractivity contribution in [1.29, 1.82) is 0 Å². The Kier molecular flexibility index (Phi) is 6.34. The molecule has 10 heteroatoms. The van der Waals surface area contributed by atoms with Gasteiger partial charge in [0, 0.05) is 42.2 Å². The van der Waals surface area contributed by atoms with Gasteiger partial charge in [-0.15, -0.1) is 0 Å². The summed E-state index contributed by atoms with van der Waals surface area (Å²) in [4.78, 5) is 38.3. The Morgan fingerprint density at radius 1 is 1.17 bits per heavy atom. The summed E-state index contributed by atoms with van der Waals surface area (Å²) in [5.41, 5.74) is 1.37. The number of aromatic nitrogens is 2. The molecule has 7 nitrogen and oxygen atoms in total. The number of benzene rings is 1. The van der Waals surface area contributed by atoms with Gasteiger partial charge in [-0.3, -0.25) is 14.6 Å². The number of carbonyl (C=O) groups excluding carboxylic acids is 2. The molecule has 0 saturated carbocycles. The average molecular weight is 496 g/mol. The second kappa shape index (κ2) is 9.60. The summed E-state index contributed by atoms with van der Waals surface area (Å²) >= 11 is 0. The summed E-state index contributed by atoms with van der Waals surface area (Å²) in [5, 5.41) is 2.63. The second-order valence-corrected chi connectivity index (χ2v) is 8.91. The first-order valence-corrected chi connectivity index (χ1v) is 11.7. The highest BCUT2D eigenvalue weighted by atomic mass is 19.3. The smallest absolute Gasteiger partial charge is 0.263 e. The van der Waals surface area contributed by atoms with Gasteiger partial charge in [-0.25, -0.2) is 13.8 Å². The number of amides is 2. The molecule has 1 fully saturated rings. The molecule has 2 aromatic heterocycles. The summed E-state index contributed by atoms with van der Waals surface area (Å²) in [6, 6.07) is 10.2. The van der Waals surface area contributed by atoms with Crippen LogP contribution >= 0.6 is 0 Å². The molecule has 1 atom stereocenters. The van der Waals surface area contributed by atoms with E-state index in [9.17, 15) is 18.4 Å². The zero-order valence-electron chi connectivity index (χ0n) is 19.5. The van der Waals surface area contributed by atoms with Crippen LogP contribution in [0.25, 0.3) is 11.1 Å². The molecule has 0 radical (unpaired) electrons. The van der Waals surface area contributed by atoms with E-state index in [-0.39, 0.29) is 16.8 Å². The number of nitrogens with one attached hydrogen (secondary N) is 1. The molecule has 1 aromatic carbocycles. The molecule has 36 heavy (non-hydrogen) atoms. The largest absolute Gasteiger partial charge is 0.356 e. The van der Waals surface area contributed by atoms with Gasteiger partial charge in [-0.05, 0) is 38.0 Å². The lowest BCUT2D eigenvalue weighted by Gasteiger charge is -2.26. The highest BCUT2D eigenvalue weighted by Gasteiger charge is 2.36.